The van der Waals surface area contributed by atoms with E-state index in [1.54, 1.807) is 34.6 Å². The van der Waals surface area contributed by atoms with Gasteiger partial charge in [-0.05, 0) is 19.8 Å². The predicted molar refractivity (Wildman–Crippen MR) is 113 cm³/mol. The normalized spacial score (nSPS) is 16.2. The molecule has 0 aliphatic carbocycles. The van der Waals surface area contributed by atoms with Crippen molar-refractivity contribution < 1.29 is 42.8 Å². The highest BCUT2D eigenvalue weighted by atomic mass is 16.6. The van der Waals surface area contributed by atoms with Crippen LogP contribution in [0, 0.1) is 17.8 Å². The molecule has 0 bridgehead atoms. The van der Waals surface area contributed by atoms with Crippen LogP contribution in [0.25, 0.3) is 0 Å². The van der Waals surface area contributed by atoms with E-state index in [2.05, 4.69) is 0 Å². The third-order valence-electron chi connectivity index (χ3n) is 4.50. The first-order chi connectivity index (χ1) is 14.5. The Kier molecular flexibility index (Phi) is 15.1. The molecule has 0 spiro atoms. The highest BCUT2D eigenvalue weighted by Crippen LogP contribution is 2.18. The highest BCUT2D eigenvalue weighted by molar-refractivity contribution is 5.74. The second kappa shape index (κ2) is 16.0. The summed E-state index contributed by atoms with van der Waals surface area (Å²) in [5.74, 6) is -2.51. The second-order valence-corrected chi connectivity index (χ2v) is 8.16. The second-order valence-electron chi connectivity index (χ2n) is 8.16. The maximum atomic E-state index is 12.6. The van der Waals surface area contributed by atoms with Crippen molar-refractivity contribution in [3.8, 4) is 0 Å². The smallest absolute Gasteiger partial charge is 0.309 e. The number of hydrogen-bond acceptors (Lipinski definition) is 9. The molecule has 0 aliphatic heterocycles. The van der Waals surface area contributed by atoms with Crippen LogP contribution in [0.4, 0.5) is 0 Å². The van der Waals surface area contributed by atoms with Crippen molar-refractivity contribution in [1.82, 2.24) is 0 Å². The molecule has 31 heavy (non-hydrogen) atoms. The molecule has 0 saturated carbocycles. The maximum absolute atomic E-state index is 12.6. The van der Waals surface area contributed by atoms with Crippen LogP contribution in [0.1, 0.15) is 47.5 Å². The third kappa shape index (κ3) is 12.7. The summed E-state index contributed by atoms with van der Waals surface area (Å²) in [5, 5.41) is 0. The van der Waals surface area contributed by atoms with Crippen LogP contribution in [0.15, 0.2) is 0 Å². The summed E-state index contributed by atoms with van der Waals surface area (Å²) in [7, 11) is 4.53. The van der Waals surface area contributed by atoms with Gasteiger partial charge in [-0.2, -0.15) is 0 Å². The molecular formula is C22H40O9. The zero-order chi connectivity index (χ0) is 24.0. The lowest BCUT2D eigenvalue weighted by Gasteiger charge is -2.24. The topological polar surface area (TPSA) is 107 Å². The van der Waals surface area contributed by atoms with E-state index in [4.69, 9.17) is 28.4 Å². The molecule has 0 N–H and O–H groups in total. The van der Waals surface area contributed by atoms with Gasteiger partial charge in [-0.1, -0.05) is 27.7 Å². The predicted octanol–water partition coefficient (Wildman–Crippen LogP) is 2.39. The summed E-state index contributed by atoms with van der Waals surface area (Å²) in [5.41, 5.74) is 0. The quantitative estimate of drug-likeness (QED) is 0.260. The van der Waals surface area contributed by atoms with Crippen molar-refractivity contribution in [3.05, 3.63) is 0 Å². The Morgan fingerprint density at radius 2 is 0.968 bits per heavy atom. The standard InChI is InChI=1S/C22H40O9/c1-14(2)20(23)30-18(12-27-7)10-16(4)22(25)31-19(13-28-8)9-15(3)21(24)29-17(5)11-26-6/h14-19H,9-13H2,1-8H3. The van der Waals surface area contributed by atoms with Crippen molar-refractivity contribution in [3.63, 3.8) is 0 Å². The summed E-state index contributed by atoms with van der Waals surface area (Å²) in [6, 6.07) is 0. The Balaban J connectivity index is 4.85. The number of rotatable bonds is 16. The Bertz CT molecular complexity index is 535. The fraction of sp³-hybridized carbons (Fsp3) is 0.864. The molecule has 5 unspecified atom stereocenters. The van der Waals surface area contributed by atoms with Gasteiger partial charge in [0, 0.05) is 21.3 Å². The monoisotopic (exact) mass is 448 g/mol. The van der Waals surface area contributed by atoms with Gasteiger partial charge in [0.15, 0.2) is 0 Å². The molecule has 0 radical (unpaired) electrons. The summed E-state index contributed by atoms with van der Waals surface area (Å²) < 4.78 is 31.5. The van der Waals surface area contributed by atoms with Crippen LogP contribution in [-0.2, 0) is 42.8 Å². The van der Waals surface area contributed by atoms with E-state index >= 15 is 0 Å². The molecule has 182 valence electrons. The Morgan fingerprint density at radius 3 is 1.35 bits per heavy atom. The van der Waals surface area contributed by atoms with E-state index in [9.17, 15) is 14.4 Å². The Morgan fingerprint density at radius 1 is 0.581 bits per heavy atom. The zero-order valence-electron chi connectivity index (χ0n) is 20.2. The van der Waals surface area contributed by atoms with Crippen LogP contribution in [0.2, 0.25) is 0 Å². The fourth-order valence-electron chi connectivity index (χ4n) is 2.82. The van der Waals surface area contributed by atoms with Crippen molar-refractivity contribution in [2.75, 3.05) is 41.2 Å². The molecule has 0 aromatic heterocycles. The maximum Gasteiger partial charge on any atom is 0.309 e. The minimum absolute atomic E-state index is 0.146. The van der Waals surface area contributed by atoms with Gasteiger partial charge in [-0.25, -0.2) is 0 Å². The van der Waals surface area contributed by atoms with Crippen LogP contribution in [-0.4, -0.2) is 77.4 Å². The van der Waals surface area contributed by atoms with E-state index in [1.165, 1.54) is 21.3 Å². The summed E-state index contributed by atoms with van der Waals surface area (Å²) in [4.78, 5) is 36.7. The van der Waals surface area contributed by atoms with E-state index in [0.717, 1.165) is 0 Å². The molecule has 0 aromatic rings. The lowest BCUT2D eigenvalue weighted by Crippen LogP contribution is -2.34. The van der Waals surface area contributed by atoms with Crippen LogP contribution in [0.5, 0.6) is 0 Å². The molecule has 0 fully saturated rings. The van der Waals surface area contributed by atoms with Crippen LogP contribution in [0.3, 0.4) is 0 Å². The average Bonchev–Trinajstić information content (AvgIpc) is 2.67. The minimum Gasteiger partial charge on any atom is -0.460 e. The SMILES string of the molecule is COCC(C)OC(=O)C(C)CC(COC)OC(=O)C(C)CC(COC)OC(=O)C(C)C. The summed E-state index contributed by atoms with van der Waals surface area (Å²) in [6.45, 7) is 9.25. The lowest BCUT2D eigenvalue weighted by molar-refractivity contribution is -0.166. The van der Waals surface area contributed by atoms with Crippen molar-refractivity contribution in [2.45, 2.75) is 65.8 Å². The number of methoxy groups -OCH3 is 3. The first kappa shape index (κ1) is 29.3. The first-order valence-corrected chi connectivity index (χ1v) is 10.6. The van der Waals surface area contributed by atoms with Crippen molar-refractivity contribution >= 4 is 17.9 Å². The number of esters is 3. The number of carbonyl (C=O) groups excluding carboxylic acids is 3. The van der Waals surface area contributed by atoms with Gasteiger partial charge in [0.2, 0.25) is 0 Å². The Hall–Kier alpha value is -1.71. The van der Waals surface area contributed by atoms with Crippen LogP contribution < -0.4 is 0 Å². The third-order valence-corrected chi connectivity index (χ3v) is 4.50. The molecule has 5 atom stereocenters. The molecule has 0 rings (SSSR count). The molecular weight excluding hydrogens is 408 g/mol. The van der Waals surface area contributed by atoms with E-state index < -0.39 is 36.0 Å². The van der Waals surface area contributed by atoms with Gasteiger partial charge in [0.05, 0.1) is 37.6 Å². The van der Waals surface area contributed by atoms with Crippen molar-refractivity contribution in [1.29, 1.82) is 0 Å². The van der Waals surface area contributed by atoms with Gasteiger partial charge in [0.1, 0.15) is 18.3 Å². The largest absolute Gasteiger partial charge is 0.460 e. The molecule has 0 amide bonds. The van der Waals surface area contributed by atoms with E-state index in [1.807, 2.05) is 0 Å². The van der Waals surface area contributed by atoms with E-state index in [-0.39, 0.29) is 44.0 Å². The van der Waals surface area contributed by atoms with E-state index in [0.29, 0.717) is 6.61 Å². The van der Waals surface area contributed by atoms with Crippen molar-refractivity contribution in [2.24, 2.45) is 17.8 Å². The first-order valence-electron chi connectivity index (χ1n) is 10.6. The van der Waals surface area contributed by atoms with Gasteiger partial charge in [0.25, 0.3) is 0 Å². The molecule has 9 nitrogen and oxygen atoms in total. The molecule has 0 heterocycles. The number of ether oxygens (including phenoxy) is 6. The van der Waals surface area contributed by atoms with Gasteiger partial charge in [-0.15, -0.1) is 0 Å². The summed E-state index contributed by atoms with van der Waals surface area (Å²) in [6.07, 6.45) is -1.01. The fourth-order valence-corrected chi connectivity index (χ4v) is 2.82. The highest BCUT2D eigenvalue weighted by Gasteiger charge is 2.28. The summed E-state index contributed by atoms with van der Waals surface area (Å²) >= 11 is 0. The van der Waals surface area contributed by atoms with Crippen LogP contribution >= 0.6 is 0 Å². The number of hydrogen-bond donors (Lipinski definition) is 0. The molecule has 9 heteroatoms. The van der Waals surface area contributed by atoms with Gasteiger partial charge >= 0.3 is 17.9 Å². The minimum atomic E-state index is -0.612. The Labute approximate surface area is 186 Å². The number of carbonyl (C=O) groups is 3. The average molecular weight is 449 g/mol. The molecule has 0 aromatic carbocycles. The zero-order valence-corrected chi connectivity index (χ0v) is 20.2. The van der Waals surface area contributed by atoms with Gasteiger partial charge in [-0.3, -0.25) is 14.4 Å². The molecule has 0 aliphatic rings. The van der Waals surface area contributed by atoms with Gasteiger partial charge < -0.3 is 28.4 Å². The molecule has 0 saturated heterocycles. The lowest BCUT2D eigenvalue weighted by atomic mass is 10.0.